The maximum absolute atomic E-state index is 11.6. The summed E-state index contributed by atoms with van der Waals surface area (Å²) in [6.07, 6.45) is 2.02. The first kappa shape index (κ1) is 15.6. The van der Waals surface area contributed by atoms with Crippen molar-refractivity contribution in [1.29, 1.82) is 0 Å². The molecule has 2 amide bonds. The summed E-state index contributed by atoms with van der Waals surface area (Å²) >= 11 is 0. The van der Waals surface area contributed by atoms with Crippen molar-refractivity contribution in [1.82, 2.24) is 10.7 Å². The van der Waals surface area contributed by atoms with Gasteiger partial charge in [-0.1, -0.05) is 36.4 Å². The van der Waals surface area contributed by atoms with E-state index in [4.69, 9.17) is 0 Å². The molecular weight excluding hydrogens is 254 g/mol. The third kappa shape index (κ3) is 6.49. The number of carbonyl (C=O) groups is 2. The van der Waals surface area contributed by atoms with E-state index in [1.165, 1.54) is 0 Å². The van der Waals surface area contributed by atoms with Crippen molar-refractivity contribution < 1.29 is 9.59 Å². The number of rotatable bonds is 7. The minimum atomic E-state index is -0.206. The summed E-state index contributed by atoms with van der Waals surface area (Å²) in [5.41, 5.74) is 3.91. The molecule has 0 spiro atoms. The molecule has 0 aliphatic heterocycles. The van der Waals surface area contributed by atoms with Gasteiger partial charge in [-0.2, -0.15) is 5.10 Å². The third-order valence-corrected chi connectivity index (χ3v) is 2.44. The summed E-state index contributed by atoms with van der Waals surface area (Å²) in [5, 5.41) is 6.54. The average Bonchev–Trinajstić information content (AvgIpc) is 2.44. The van der Waals surface area contributed by atoms with E-state index in [0.717, 1.165) is 5.56 Å². The molecule has 0 saturated carbocycles. The van der Waals surface area contributed by atoms with Crippen molar-refractivity contribution >= 4 is 17.5 Å². The van der Waals surface area contributed by atoms with E-state index in [1.54, 1.807) is 13.0 Å². The van der Waals surface area contributed by atoms with E-state index in [1.807, 2.05) is 30.3 Å². The first-order chi connectivity index (χ1) is 9.61. The molecule has 2 N–H and O–H groups in total. The first-order valence-electron chi connectivity index (χ1n) is 6.35. The van der Waals surface area contributed by atoms with E-state index in [-0.39, 0.29) is 24.7 Å². The molecule has 0 fully saturated rings. The third-order valence-electron chi connectivity index (χ3n) is 2.44. The zero-order valence-corrected chi connectivity index (χ0v) is 11.6. The van der Waals surface area contributed by atoms with Crippen LogP contribution in [0.15, 0.2) is 48.1 Å². The van der Waals surface area contributed by atoms with Crippen LogP contribution in [0.25, 0.3) is 0 Å². The van der Waals surface area contributed by atoms with E-state index < -0.39 is 0 Å². The normalized spacial score (nSPS) is 10.8. The number of hydrogen-bond acceptors (Lipinski definition) is 3. The van der Waals surface area contributed by atoms with Crippen LogP contribution in [0.2, 0.25) is 0 Å². The molecule has 0 saturated heterocycles. The highest BCUT2D eigenvalue weighted by Crippen LogP contribution is 1.99. The molecular formula is C15H19N3O2. The number of benzene rings is 1. The molecule has 1 rings (SSSR count). The lowest BCUT2D eigenvalue weighted by Crippen LogP contribution is -2.26. The summed E-state index contributed by atoms with van der Waals surface area (Å²) in [4.78, 5) is 23.0. The molecule has 0 atom stereocenters. The standard InChI is InChI=1S/C15H19N3O2/c1-3-9-16-14(19)10-12(2)17-18-15(20)11-13-7-5-4-6-8-13/h3-8H,1,9-11H2,2H3,(H,16,19)(H,18,20)/b17-12+. The minimum absolute atomic E-state index is 0.150. The molecule has 0 unspecified atom stereocenters. The molecule has 0 bridgehead atoms. The van der Waals surface area contributed by atoms with Crippen LogP contribution in [0.4, 0.5) is 0 Å². The van der Waals surface area contributed by atoms with Crippen molar-refractivity contribution in [2.75, 3.05) is 6.54 Å². The number of nitrogens with one attached hydrogen (secondary N) is 2. The Kier molecular flexibility index (Phi) is 6.75. The Labute approximate surface area is 118 Å². The predicted octanol–water partition coefficient (Wildman–Crippen LogP) is 1.41. The Morgan fingerprint density at radius 2 is 1.95 bits per heavy atom. The van der Waals surface area contributed by atoms with Gasteiger partial charge in [0.1, 0.15) is 0 Å². The van der Waals surface area contributed by atoms with Gasteiger partial charge in [0, 0.05) is 12.3 Å². The molecule has 5 heteroatoms. The molecule has 0 radical (unpaired) electrons. The molecule has 0 aliphatic carbocycles. The van der Waals surface area contributed by atoms with Gasteiger partial charge >= 0.3 is 0 Å². The Bertz CT molecular complexity index is 495. The predicted molar refractivity (Wildman–Crippen MR) is 79.2 cm³/mol. The van der Waals surface area contributed by atoms with Gasteiger partial charge < -0.3 is 5.32 Å². The summed E-state index contributed by atoms with van der Waals surface area (Å²) < 4.78 is 0. The highest BCUT2D eigenvalue weighted by molar-refractivity contribution is 6.00. The van der Waals surface area contributed by atoms with Crippen LogP contribution in [-0.4, -0.2) is 24.1 Å². The van der Waals surface area contributed by atoms with E-state index in [2.05, 4.69) is 22.4 Å². The zero-order valence-electron chi connectivity index (χ0n) is 11.6. The SMILES string of the molecule is C=CCNC(=O)C/C(C)=N/NC(=O)Cc1ccccc1. The van der Waals surface area contributed by atoms with Gasteiger partial charge in [-0.25, -0.2) is 5.43 Å². The first-order valence-corrected chi connectivity index (χ1v) is 6.35. The van der Waals surface area contributed by atoms with Crippen molar-refractivity contribution in [3.8, 4) is 0 Å². The lowest BCUT2D eigenvalue weighted by Gasteiger charge is -2.03. The van der Waals surface area contributed by atoms with Crippen molar-refractivity contribution in [3.05, 3.63) is 48.6 Å². The Morgan fingerprint density at radius 3 is 2.60 bits per heavy atom. The van der Waals surface area contributed by atoms with Crippen LogP contribution in [0.5, 0.6) is 0 Å². The maximum Gasteiger partial charge on any atom is 0.244 e. The summed E-state index contributed by atoms with van der Waals surface area (Å²) in [6, 6.07) is 9.39. The van der Waals surface area contributed by atoms with Crippen LogP contribution in [-0.2, 0) is 16.0 Å². The summed E-state index contributed by atoms with van der Waals surface area (Å²) in [7, 11) is 0. The molecule has 106 valence electrons. The largest absolute Gasteiger partial charge is 0.352 e. The molecule has 0 heterocycles. The minimum Gasteiger partial charge on any atom is -0.352 e. The number of hydrazone groups is 1. The Morgan fingerprint density at radius 1 is 1.25 bits per heavy atom. The van der Waals surface area contributed by atoms with Gasteiger partial charge in [-0.15, -0.1) is 6.58 Å². The van der Waals surface area contributed by atoms with Crippen LogP contribution < -0.4 is 10.7 Å². The fourth-order valence-electron chi connectivity index (χ4n) is 1.50. The van der Waals surface area contributed by atoms with Gasteiger partial charge in [0.25, 0.3) is 0 Å². The molecule has 0 aliphatic rings. The van der Waals surface area contributed by atoms with E-state index >= 15 is 0 Å². The highest BCUT2D eigenvalue weighted by atomic mass is 16.2. The Hall–Kier alpha value is -2.43. The van der Waals surface area contributed by atoms with Crippen LogP contribution in [0.3, 0.4) is 0 Å². The van der Waals surface area contributed by atoms with Gasteiger partial charge in [0.15, 0.2) is 0 Å². The van der Waals surface area contributed by atoms with Crippen LogP contribution in [0.1, 0.15) is 18.9 Å². The van der Waals surface area contributed by atoms with Crippen molar-refractivity contribution in [2.45, 2.75) is 19.8 Å². The Balaban J connectivity index is 2.36. The topological polar surface area (TPSA) is 70.6 Å². The summed E-state index contributed by atoms with van der Waals surface area (Å²) in [5.74, 6) is -0.356. The van der Waals surface area contributed by atoms with Crippen LogP contribution in [0, 0.1) is 0 Å². The fraction of sp³-hybridized carbons (Fsp3) is 0.267. The monoisotopic (exact) mass is 273 g/mol. The lowest BCUT2D eigenvalue weighted by molar-refractivity contribution is -0.121. The second-order valence-electron chi connectivity index (χ2n) is 4.31. The average molecular weight is 273 g/mol. The second-order valence-corrected chi connectivity index (χ2v) is 4.31. The fourth-order valence-corrected chi connectivity index (χ4v) is 1.50. The molecule has 1 aromatic carbocycles. The number of amides is 2. The maximum atomic E-state index is 11.6. The van der Waals surface area contributed by atoms with Crippen molar-refractivity contribution in [3.63, 3.8) is 0 Å². The van der Waals surface area contributed by atoms with E-state index in [0.29, 0.717) is 12.3 Å². The number of hydrogen-bond donors (Lipinski definition) is 2. The molecule has 1 aromatic rings. The molecule has 5 nitrogen and oxygen atoms in total. The van der Waals surface area contributed by atoms with Gasteiger partial charge in [-0.05, 0) is 12.5 Å². The smallest absolute Gasteiger partial charge is 0.244 e. The lowest BCUT2D eigenvalue weighted by atomic mass is 10.1. The molecule has 0 aromatic heterocycles. The van der Waals surface area contributed by atoms with Gasteiger partial charge in [-0.3, -0.25) is 9.59 Å². The number of carbonyl (C=O) groups excluding carboxylic acids is 2. The van der Waals surface area contributed by atoms with Gasteiger partial charge in [0.05, 0.1) is 12.8 Å². The molecule has 20 heavy (non-hydrogen) atoms. The summed E-state index contributed by atoms with van der Waals surface area (Å²) in [6.45, 7) is 5.62. The zero-order chi connectivity index (χ0) is 14.8. The van der Waals surface area contributed by atoms with E-state index in [9.17, 15) is 9.59 Å². The van der Waals surface area contributed by atoms with Gasteiger partial charge in [0.2, 0.25) is 11.8 Å². The number of nitrogens with zero attached hydrogens (tertiary/aromatic N) is 1. The quantitative estimate of drug-likeness (QED) is 0.448. The van der Waals surface area contributed by atoms with Crippen LogP contribution >= 0.6 is 0 Å². The highest BCUT2D eigenvalue weighted by Gasteiger charge is 2.04. The second kappa shape index (κ2) is 8.63. The van der Waals surface area contributed by atoms with Crippen molar-refractivity contribution in [2.24, 2.45) is 5.10 Å².